The maximum atomic E-state index is 13.2. The highest BCUT2D eigenvalue weighted by Gasteiger charge is 2.23. The summed E-state index contributed by atoms with van der Waals surface area (Å²) in [6.45, 7) is 1.23. The molecule has 4 nitrogen and oxygen atoms in total. The minimum atomic E-state index is -0.178. The highest BCUT2D eigenvalue weighted by Crippen LogP contribution is 2.33. The monoisotopic (exact) mass is 439 g/mol. The molecule has 2 aromatic carbocycles. The predicted molar refractivity (Wildman–Crippen MR) is 118 cm³/mol. The number of thioether (sulfide) groups is 1. The fraction of sp³-hybridized carbons (Fsp3) is 0.263. The third-order valence-electron chi connectivity index (χ3n) is 3.99. The summed E-state index contributed by atoms with van der Waals surface area (Å²) in [6, 6.07) is 11.1. The van der Waals surface area contributed by atoms with Gasteiger partial charge in [-0.25, -0.2) is 4.98 Å². The largest absolute Gasteiger partial charge is 0.308 e. The van der Waals surface area contributed by atoms with Crippen LogP contribution in [0.1, 0.15) is 10.4 Å². The van der Waals surface area contributed by atoms with Gasteiger partial charge in [-0.2, -0.15) is 0 Å². The van der Waals surface area contributed by atoms with Crippen LogP contribution in [0.5, 0.6) is 0 Å². The van der Waals surface area contributed by atoms with Gasteiger partial charge in [0, 0.05) is 23.0 Å². The molecule has 3 rings (SSSR count). The molecule has 1 heterocycles. The van der Waals surface area contributed by atoms with Gasteiger partial charge in [-0.15, -0.1) is 11.8 Å². The number of fused-ring (bicyclic) bond motifs is 1. The molecule has 1 aromatic heterocycles. The van der Waals surface area contributed by atoms with Gasteiger partial charge in [-0.05, 0) is 56.7 Å². The van der Waals surface area contributed by atoms with E-state index in [0.29, 0.717) is 33.8 Å². The topological polar surface area (TPSA) is 36.4 Å². The van der Waals surface area contributed by atoms with Gasteiger partial charge in [-0.1, -0.05) is 34.5 Å². The summed E-state index contributed by atoms with van der Waals surface area (Å²) >= 11 is 15.4. The molecule has 27 heavy (non-hydrogen) atoms. The second kappa shape index (κ2) is 8.80. The number of aromatic nitrogens is 1. The van der Waals surface area contributed by atoms with Gasteiger partial charge in [0.25, 0.3) is 5.91 Å². The van der Waals surface area contributed by atoms with E-state index < -0.39 is 0 Å². The molecule has 1 amide bonds. The Morgan fingerprint density at radius 3 is 2.59 bits per heavy atom. The Balaban J connectivity index is 2.01. The average molecular weight is 440 g/mol. The van der Waals surface area contributed by atoms with Crippen LogP contribution in [0.25, 0.3) is 10.2 Å². The van der Waals surface area contributed by atoms with Crippen molar-refractivity contribution in [1.82, 2.24) is 9.88 Å². The van der Waals surface area contributed by atoms with E-state index in [0.717, 1.165) is 10.2 Å². The quantitative estimate of drug-likeness (QED) is 0.472. The SMILES string of the molecule is CSc1ccc2nc(N(CCN(C)C)C(=O)c3ccc(Cl)cc3Cl)sc2c1. The lowest BCUT2D eigenvalue weighted by molar-refractivity contribution is 0.0985. The standard InChI is InChI=1S/C19H19Cl2N3OS2/c1-23(2)8-9-24(18(25)14-6-4-12(20)10-15(14)21)19-22-16-7-5-13(26-3)11-17(16)27-19/h4-7,10-11H,8-9H2,1-3H3. The van der Waals surface area contributed by atoms with E-state index in [-0.39, 0.29) is 5.91 Å². The summed E-state index contributed by atoms with van der Waals surface area (Å²) in [5.41, 5.74) is 1.31. The number of carbonyl (C=O) groups excluding carboxylic acids is 1. The maximum absolute atomic E-state index is 13.2. The molecule has 0 aliphatic heterocycles. The van der Waals surface area contributed by atoms with Crippen molar-refractivity contribution < 1.29 is 4.79 Å². The number of nitrogens with zero attached hydrogens (tertiary/aromatic N) is 3. The zero-order valence-electron chi connectivity index (χ0n) is 15.2. The van der Waals surface area contributed by atoms with E-state index in [1.807, 2.05) is 37.4 Å². The summed E-state index contributed by atoms with van der Waals surface area (Å²) in [5, 5.41) is 1.51. The summed E-state index contributed by atoms with van der Waals surface area (Å²) in [7, 11) is 3.95. The first-order valence-corrected chi connectivity index (χ1v) is 11.0. The first kappa shape index (κ1) is 20.4. The lowest BCUT2D eigenvalue weighted by Gasteiger charge is -2.22. The number of anilines is 1. The van der Waals surface area contributed by atoms with Crippen molar-refractivity contribution in [1.29, 1.82) is 0 Å². The Labute approximate surface area is 177 Å². The molecular formula is C19H19Cl2N3OS2. The molecule has 0 bridgehead atoms. The van der Waals surface area contributed by atoms with Gasteiger partial charge in [0.2, 0.25) is 0 Å². The van der Waals surface area contributed by atoms with Crippen LogP contribution in [0.4, 0.5) is 5.13 Å². The number of benzene rings is 2. The Hall–Kier alpha value is -1.31. The van der Waals surface area contributed by atoms with Crippen LogP contribution >= 0.6 is 46.3 Å². The van der Waals surface area contributed by atoms with Gasteiger partial charge in [0.1, 0.15) is 0 Å². The van der Waals surface area contributed by atoms with Gasteiger partial charge < -0.3 is 4.90 Å². The van der Waals surface area contributed by atoms with E-state index in [2.05, 4.69) is 11.1 Å². The van der Waals surface area contributed by atoms with E-state index in [1.165, 1.54) is 16.2 Å². The Morgan fingerprint density at radius 1 is 1.15 bits per heavy atom. The van der Waals surface area contributed by atoms with Crippen LogP contribution in [-0.2, 0) is 0 Å². The molecular weight excluding hydrogens is 421 g/mol. The maximum Gasteiger partial charge on any atom is 0.261 e. The highest BCUT2D eigenvalue weighted by molar-refractivity contribution is 7.98. The van der Waals surface area contributed by atoms with E-state index in [9.17, 15) is 4.79 Å². The normalized spacial score (nSPS) is 11.3. The molecule has 0 saturated heterocycles. The fourth-order valence-electron chi connectivity index (χ4n) is 2.53. The van der Waals surface area contributed by atoms with Crippen LogP contribution in [-0.4, -0.2) is 49.2 Å². The molecule has 0 radical (unpaired) electrons. The Bertz CT molecular complexity index is 975. The van der Waals surface area contributed by atoms with Crippen LogP contribution in [0.2, 0.25) is 10.0 Å². The first-order chi connectivity index (χ1) is 12.9. The Morgan fingerprint density at radius 2 is 1.93 bits per heavy atom. The van der Waals surface area contributed by atoms with Gasteiger partial charge in [-0.3, -0.25) is 9.69 Å². The van der Waals surface area contributed by atoms with Crippen molar-refractivity contribution in [3.8, 4) is 0 Å². The average Bonchev–Trinajstić information content (AvgIpc) is 3.04. The summed E-state index contributed by atoms with van der Waals surface area (Å²) in [4.78, 5) is 22.8. The second-order valence-corrected chi connectivity index (χ2v) is 8.95. The summed E-state index contributed by atoms with van der Waals surface area (Å²) < 4.78 is 1.06. The lowest BCUT2D eigenvalue weighted by atomic mass is 10.2. The second-order valence-electron chi connectivity index (χ2n) is 6.21. The fourth-order valence-corrected chi connectivity index (χ4v) is 4.56. The number of halogens is 2. The van der Waals surface area contributed by atoms with E-state index >= 15 is 0 Å². The molecule has 142 valence electrons. The third-order valence-corrected chi connectivity index (χ3v) is 6.31. The van der Waals surface area contributed by atoms with Crippen molar-refractivity contribution >= 4 is 67.6 Å². The van der Waals surface area contributed by atoms with Crippen LogP contribution in [0.3, 0.4) is 0 Å². The zero-order valence-corrected chi connectivity index (χ0v) is 18.3. The van der Waals surface area contributed by atoms with Gasteiger partial charge >= 0.3 is 0 Å². The molecule has 0 atom stereocenters. The van der Waals surface area contributed by atoms with Gasteiger partial charge in [0.15, 0.2) is 5.13 Å². The van der Waals surface area contributed by atoms with E-state index in [1.54, 1.807) is 34.9 Å². The molecule has 8 heteroatoms. The third kappa shape index (κ3) is 4.76. The van der Waals surface area contributed by atoms with Crippen LogP contribution in [0, 0.1) is 0 Å². The Kier molecular flexibility index (Phi) is 6.65. The zero-order chi connectivity index (χ0) is 19.6. The molecule has 0 saturated carbocycles. The number of amides is 1. The lowest BCUT2D eigenvalue weighted by Crippen LogP contribution is -2.36. The molecule has 0 unspecified atom stereocenters. The van der Waals surface area contributed by atoms with Crippen molar-refractivity contribution in [2.24, 2.45) is 0 Å². The number of hydrogen-bond donors (Lipinski definition) is 0. The van der Waals surface area contributed by atoms with E-state index in [4.69, 9.17) is 23.2 Å². The molecule has 0 aliphatic carbocycles. The number of rotatable bonds is 6. The minimum Gasteiger partial charge on any atom is -0.308 e. The molecule has 0 spiro atoms. The van der Waals surface area contributed by atoms with Crippen molar-refractivity contribution in [2.45, 2.75) is 4.90 Å². The van der Waals surface area contributed by atoms with Crippen LogP contribution in [0.15, 0.2) is 41.3 Å². The molecule has 0 fully saturated rings. The first-order valence-electron chi connectivity index (χ1n) is 8.25. The van der Waals surface area contributed by atoms with Crippen LogP contribution < -0.4 is 4.90 Å². The van der Waals surface area contributed by atoms with Crippen molar-refractivity contribution in [3.05, 3.63) is 52.0 Å². The number of likely N-dealkylation sites (N-methyl/N-ethyl adjacent to an activating group) is 1. The van der Waals surface area contributed by atoms with Gasteiger partial charge in [0.05, 0.1) is 20.8 Å². The predicted octanol–water partition coefficient (Wildman–Crippen LogP) is 5.53. The molecule has 0 aliphatic rings. The minimum absolute atomic E-state index is 0.178. The smallest absolute Gasteiger partial charge is 0.261 e. The molecule has 3 aromatic rings. The van der Waals surface area contributed by atoms with Crippen molar-refractivity contribution in [3.63, 3.8) is 0 Å². The summed E-state index contributed by atoms with van der Waals surface area (Å²) in [6.07, 6.45) is 2.04. The number of thiazole rings is 1. The molecule has 0 N–H and O–H groups in total. The van der Waals surface area contributed by atoms with Crippen molar-refractivity contribution in [2.75, 3.05) is 38.3 Å². The number of hydrogen-bond acceptors (Lipinski definition) is 5. The summed E-state index contributed by atoms with van der Waals surface area (Å²) in [5.74, 6) is -0.178. The highest BCUT2D eigenvalue weighted by atomic mass is 35.5. The number of carbonyl (C=O) groups is 1.